The molecule has 0 aliphatic rings. The Morgan fingerprint density at radius 1 is 1.05 bits per heavy atom. The van der Waals surface area contributed by atoms with Crippen LogP contribution in [0.3, 0.4) is 0 Å². The molecule has 2 heteroatoms. The number of nitrogens with one attached hydrogen (secondary N) is 1. The summed E-state index contributed by atoms with van der Waals surface area (Å²) in [5.41, 5.74) is 5.86. The molecule has 0 aromatic heterocycles. The second-order valence-electron chi connectivity index (χ2n) is 5.44. The summed E-state index contributed by atoms with van der Waals surface area (Å²) in [7, 11) is 1.88. The minimum Gasteiger partial charge on any atom is -0.313 e. The van der Waals surface area contributed by atoms with Crippen LogP contribution in [0.2, 0.25) is 0 Å². The van der Waals surface area contributed by atoms with Gasteiger partial charge in [0.15, 0.2) is 0 Å². The predicted octanol–water partition coefficient (Wildman–Crippen LogP) is 4.25. The molecule has 0 spiro atoms. The lowest BCUT2D eigenvalue weighted by atomic mass is 9.91. The quantitative estimate of drug-likeness (QED) is 0.876. The number of hydrogen-bond donors (Lipinski definition) is 1. The fourth-order valence-electron chi connectivity index (χ4n) is 2.86. The maximum Gasteiger partial charge on any atom is 0.127 e. The molecule has 0 amide bonds. The van der Waals surface area contributed by atoms with Crippen LogP contribution in [-0.4, -0.2) is 7.05 Å². The van der Waals surface area contributed by atoms with Gasteiger partial charge in [-0.1, -0.05) is 35.9 Å². The van der Waals surface area contributed by atoms with Crippen molar-refractivity contribution in [2.45, 2.75) is 33.2 Å². The van der Waals surface area contributed by atoms with E-state index >= 15 is 0 Å². The second-order valence-corrected chi connectivity index (χ2v) is 5.44. The summed E-state index contributed by atoms with van der Waals surface area (Å²) < 4.78 is 14.0. The molecule has 2 aromatic rings. The smallest absolute Gasteiger partial charge is 0.127 e. The Hall–Kier alpha value is -1.67. The van der Waals surface area contributed by atoms with Crippen LogP contribution >= 0.6 is 0 Å². The average Bonchev–Trinajstić information content (AvgIpc) is 2.39. The molecule has 0 saturated heterocycles. The first kappa shape index (κ1) is 14.7. The molecule has 0 fully saturated rings. The number of halogens is 1. The molecule has 0 aliphatic carbocycles. The highest BCUT2D eigenvalue weighted by molar-refractivity contribution is 5.39. The molecule has 106 valence electrons. The van der Waals surface area contributed by atoms with Crippen LogP contribution in [0.1, 0.15) is 33.9 Å². The molecule has 1 unspecified atom stereocenters. The van der Waals surface area contributed by atoms with Gasteiger partial charge in [-0.25, -0.2) is 4.39 Å². The van der Waals surface area contributed by atoms with E-state index in [2.05, 4.69) is 38.2 Å². The van der Waals surface area contributed by atoms with Crippen molar-refractivity contribution in [1.29, 1.82) is 0 Å². The van der Waals surface area contributed by atoms with Crippen molar-refractivity contribution < 1.29 is 4.39 Å². The fourth-order valence-corrected chi connectivity index (χ4v) is 2.86. The summed E-state index contributed by atoms with van der Waals surface area (Å²) in [4.78, 5) is 0. The van der Waals surface area contributed by atoms with Crippen molar-refractivity contribution >= 4 is 0 Å². The van der Waals surface area contributed by atoms with E-state index in [1.54, 1.807) is 6.07 Å². The maximum absolute atomic E-state index is 14.0. The lowest BCUT2D eigenvalue weighted by molar-refractivity contribution is 0.532. The number of aryl methyl sites for hydroxylation is 3. The van der Waals surface area contributed by atoms with E-state index in [-0.39, 0.29) is 11.9 Å². The van der Waals surface area contributed by atoms with Crippen LogP contribution in [0.4, 0.5) is 4.39 Å². The van der Waals surface area contributed by atoms with E-state index in [0.29, 0.717) is 0 Å². The van der Waals surface area contributed by atoms with Gasteiger partial charge < -0.3 is 5.32 Å². The Morgan fingerprint density at radius 2 is 1.65 bits per heavy atom. The van der Waals surface area contributed by atoms with Gasteiger partial charge in [0.1, 0.15) is 5.82 Å². The third-order valence-corrected chi connectivity index (χ3v) is 3.88. The van der Waals surface area contributed by atoms with Crippen molar-refractivity contribution in [1.82, 2.24) is 5.32 Å². The van der Waals surface area contributed by atoms with Crippen molar-refractivity contribution in [3.63, 3.8) is 0 Å². The third-order valence-electron chi connectivity index (χ3n) is 3.88. The highest BCUT2D eigenvalue weighted by Gasteiger charge is 2.16. The van der Waals surface area contributed by atoms with E-state index in [1.807, 2.05) is 19.2 Å². The molecule has 0 heterocycles. The summed E-state index contributed by atoms with van der Waals surface area (Å²) in [5.74, 6) is -0.144. The minimum absolute atomic E-state index is 0.00342. The zero-order chi connectivity index (χ0) is 14.7. The molecular weight excluding hydrogens is 249 g/mol. The third kappa shape index (κ3) is 3.07. The molecular formula is C18H22FN. The average molecular weight is 271 g/mol. The van der Waals surface area contributed by atoms with Gasteiger partial charge in [-0.05, 0) is 57.0 Å². The molecule has 2 rings (SSSR count). The lowest BCUT2D eigenvalue weighted by Gasteiger charge is -2.20. The van der Waals surface area contributed by atoms with Crippen molar-refractivity contribution in [3.05, 3.63) is 70.0 Å². The molecule has 0 aliphatic heterocycles. The molecule has 0 saturated carbocycles. The normalized spacial score (nSPS) is 12.4. The van der Waals surface area contributed by atoms with Gasteiger partial charge in [0.25, 0.3) is 0 Å². The van der Waals surface area contributed by atoms with Crippen molar-refractivity contribution in [2.75, 3.05) is 7.05 Å². The highest BCUT2D eigenvalue weighted by Crippen LogP contribution is 2.25. The summed E-state index contributed by atoms with van der Waals surface area (Å²) in [6, 6.07) is 11.4. The fraction of sp³-hybridized carbons (Fsp3) is 0.333. The summed E-state index contributed by atoms with van der Waals surface area (Å²) in [5, 5.41) is 3.24. The van der Waals surface area contributed by atoms with Gasteiger partial charge in [-0.2, -0.15) is 0 Å². The molecule has 1 N–H and O–H groups in total. The van der Waals surface area contributed by atoms with Crippen molar-refractivity contribution in [2.24, 2.45) is 0 Å². The first-order valence-corrected chi connectivity index (χ1v) is 7.01. The van der Waals surface area contributed by atoms with Crippen LogP contribution in [0.5, 0.6) is 0 Å². The summed E-state index contributed by atoms with van der Waals surface area (Å²) in [6.45, 7) is 6.36. The van der Waals surface area contributed by atoms with Crippen LogP contribution in [0.15, 0.2) is 36.4 Å². The van der Waals surface area contributed by atoms with Gasteiger partial charge in [0, 0.05) is 11.6 Å². The van der Waals surface area contributed by atoms with Gasteiger partial charge in [-0.3, -0.25) is 0 Å². The van der Waals surface area contributed by atoms with Crippen LogP contribution in [-0.2, 0) is 6.42 Å². The monoisotopic (exact) mass is 271 g/mol. The van der Waals surface area contributed by atoms with Crippen LogP contribution in [0.25, 0.3) is 0 Å². The number of hydrogen-bond acceptors (Lipinski definition) is 1. The highest BCUT2D eigenvalue weighted by atomic mass is 19.1. The standard InChI is InChI=1S/C18H22FN/c1-12-9-13(2)16(14(3)10-12)11-18(20-4)15-7-5-6-8-17(15)19/h5-10,18,20H,11H2,1-4H3. The molecule has 0 radical (unpaired) electrons. The van der Waals surface area contributed by atoms with Crippen LogP contribution in [0, 0.1) is 26.6 Å². The SMILES string of the molecule is CNC(Cc1c(C)cc(C)cc1C)c1ccccc1F. The number of likely N-dealkylation sites (N-methyl/N-ethyl adjacent to an activating group) is 1. The Balaban J connectivity index is 2.35. The van der Waals surface area contributed by atoms with Gasteiger partial charge in [0.2, 0.25) is 0 Å². The zero-order valence-corrected chi connectivity index (χ0v) is 12.6. The Kier molecular flexibility index (Phi) is 4.56. The van der Waals surface area contributed by atoms with E-state index in [1.165, 1.54) is 28.3 Å². The Bertz CT molecular complexity index is 581. The summed E-state index contributed by atoms with van der Waals surface area (Å²) >= 11 is 0. The van der Waals surface area contributed by atoms with Crippen molar-refractivity contribution in [3.8, 4) is 0 Å². The topological polar surface area (TPSA) is 12.0 Å². The first-order valence-electron chi connectivity index (χ1n) is 7.01. The predicted molar refractivity (Wildman–Crippen MR) is 82.6 cm³/mol. The molecule has 20 heavy (non-hydrogen) atoms. The number of rotatable bonds is 4. The lowest BCUT2D eigenvalue weighted by Crippen LogP contribution is -2.21. The molecule has 1 nitrogen and oxygen atoms in total. The first-order chi connectivity index (χ1) is 9.52. The van der Waals surface area contributed by atoms with E-state index < -0.39 is 0 Å². The van der Waals surface area contributed by atoms with E-state index in [9.17, 15) is 4.39 Å². The van der Waals surface area contributed by atoms with Gasteiger partial charge in [-0.15, -0.1) is 0 Å². The van der Waals surface area contributed by atoms with Gasteiger partial charge in [0.05, 0.1) is 0 Å². The Labute approximate surface area is 120 Å². The van der Waals surface area contributed by atoms with E-state index in [0.717, 1.165) is 12.0 Å². The zero-order valence-electron chi connectivity index (χ0n) is 12.6. The Morgan fingerprint density at radius 3 is 2.20 bits per heavy atom. The molecule has 2 aromatic carbocycles. The van der Waals surface area contributed by atoms with E-state index in [4.69, 9.17) is 0 Å². The second kappa shape index (κ2) is 6.19. The van der Waals surface area contributed by atoms with Gasteiger partial charge >= 0.3 is 0 Å². The minimum atomic E-state index is -0.144. The maximum atomic E-state index is 14.0. The van der Waals surface area contributed by atoms with Crippen LogP contribution < -0.4 is 5.32 Å². The number of benzene rings is 2. The largest absolute Gasteiger partial charge is 0.313 e. The summed E-state index contributed by atoms with van der Waals surface area (Å²) in [6.07, 6.45) is 0.801. The molecule has 1 atom stereocenters. The molecule has 0 bridgehead atoms.